The first-order valence-corrected chi connectivity index (χ1v) is 9.59. The lowest BCUT2D eigenvalue weighted by molar-refractivity contribution is -0.121. The Morgan fingerprint density at radius 2 is 1.50 bits per heavy atom. The number of nitrogens with zero attached hydrogens (tertiary/aromatic N) is 1. The van der Waals surface area contributed by atoms with Crippen LogP contribution in [-0.2, 0) is 14.3 Å². The predicted molar refractivity (Wildman–Crippen MR) is 105 cm³/mol. The van der Waals surface area contributed by atoms with Gasteiger partial charge in [-0.3, -0.25) is 19.3 Å². The number of carbonyl (C=O) groups is 4. The van der Waals surface area contributed by atoms with E-state index in [9.17, 15) is 19.2 Å². The number of ether oxygens (including phenoxy) is 3. The molecule has 30 heavy (non-hydrogen) atoms. The molecule has 2 aliphatic rings. The van der Waals surface area contributed by atoms with E-state index in [0.29, 0.717) is 36.0 Å². The number of Topliss-reactive ketones (excluding diaryl/α,β-unsaturated/α-hetero) is 1. The molecule has 0 unspecified atom stereocenters. The third-order valence-corrected chi connectivity index (χ3v) is 4.82. The number of benzene rings is 2. The maximum atomic E-state index is 12.4. The lowest BCUT2D eigenvalue weighted by atomic mass is 10.1. The average Bonchev–Trinajstić information content (AvgIpc) is 2.95. The van der Waals surface area contributed by atoms with Crippen molar-refractivity contribution in [3.63, 3.8) is 0 Å². The van der Waals surface area contributed by atoms with Crippen molar-refractivity contribution in [2.75, 3.05) is 24.7 Å². The Kier molecular flexibility index (Phi) is 5.47. The summed E-state index contributed by atoms with van der Waals surface area (Å²) in [5.41, 5.74) is 0.972. The van der Waals surface area contributed by atoms with Crippen molar-refractivity contribution in [1.29, 1.82) is 0 Å². The molecular formula is C22H19NO7. The minimum atomic E-state index is -0.677. The minimum absolute atomic E-state index is 0.185. The van der Waals surface area contributed by atoms with Crippen LogP contribution in [0, 0.1) is 0 Å². The van der Waals surface area contributed by atoms with E-state index < -0.39 is 12.6 Å². The van der Waals surface area contributed by atoms with Crippen LogP contribution >= 0.6 is 0 Å². The zero-order valence-corrected chi connectivity index (χ0v) is 16.1. The summed E-state index contributed by atoms with van der Waals surface area (Å²) in [7, 11) is 0. The van der Waals surface area contributed by atoms with Crippen LogP contribution in [-0.4, -0.2) is 43.4 Å². The number of ketones is 1. The molecule has 1 saturated heterocycles. The van der Waals surface area contributed by atoms with Crippen LogP contribution in [0.2, 0.25) is 0 Å². The highest BCUT2D eigenvalue weighted by Gasteiger charge is 2.30. The minimum Gasteiger partial charge on any atom is -0.490 e. The van der Waals surface area contributed by atoms with Gasteiger partial charge in [0.2, 0.25) is 11.8 Å². The summed E-state index contributed by atoms with van der Waals surface area (Å²) in [5, 5.41) is 0. The number of hydrogen-bond acceptors (Lipinski definition) is 7. The second kappa shape index (κ2) is 8.36. The van der Waals surface area contributed by atoms with Gasteiger partial charge in [0.05, 0.1) is 24.5 Å². The summed E-state index contributed by atoms with van der Waals surface area (Å²) < 4.78 is 16.2. The smallest absolute Gasteiger partial charge is 0.338 e. The highest BCUT2D eigenvalue weighted by molar-refractivity contribution is 6.19. The fraction of sp³-hybridized carbons (Fsp3) is 0.273. The third kappa shape index (κ3) is 4.03. The molecule has 2 aromatic rings. The zero-order valence-electron chi connectivity index (χ0n) is 16.1. The maximum absolute atomic E-state index is 12.4. The summed E-state index contributed by atoms with van der Waals surface area (Å²) in [5.74, 6) is -0.512. The fourth-order valence-electron chi connectivity index (χ4n) is 3.25. The first-order valence-electron chi connectivity index (χ1n) is 9.59. The number of imide groups is 1. The Morgan fingerprint density at radius 3 is 2.20 bits per heavy atom. The molecule has 4 rings (SSSR count). The van der Waals surface area contributed by atoms with Gasteiger partial charge in [0, 0.05) is 24.8 Å². The van der Waals surface area contributed by atoms with Gasteiger partial charge >= 0.3 is 5.97 Å². The normalized spacial score (nSPS) is 15.7. The number of amides is 2. The molecule has 0 N–H and O–H groups in total. The van der Waals surface area contributed by atoms with E-state index in [1.54, 1.807) is 18.2 Å². The molecule has 0 aromatic heterocycles. The van der Waals surface area contributed by atoms with E-state index >= 15 is 0 Å². The summed E-state index contributed by atoms with van der Waals surface area (Å²) in [6.45, 7) is 0.629. The van der Waals surface area contributed by atoms with Crippen molar-refractivity contribution < 1.29 is 33.4 Å². The molecule has 1 fully saturated rings. The standard InChI is InChI=1S/C22H19NO7/c24-17(15-4-7-18-19(12-15)29-11-1-10-28-18)13-30-22(27)14-2-5-16(6-3-14)23-20(25)8-9-21(23)26/h2-7,12H,1,8-11,13H2. The summed E-state index contributed by atoms with van der Waals surface area (Å²) in [6, 6.07) is 10.8. The van der Waals surface area contributed by atoms with Gasteiger partial charge < -0.3 is 14.2 Å². The molecule has 2 heterocycles. The molecule has 154 valence electrons. The van der Waals surface area contributed by atoms with Crippen LogP contribution in [0.1, 0.15) is 40.0 Å². The quantitative estimate of drug-likeness (QED) is 0.425. The maximum Gasteiger partial charge on any atom is 0.338 e. The summed E-state index contributed by atoms with van der Waals surface area (Å²) in [6.07, 6.45) is 1.13. The molecule has 0 bridgehead atoms. The molecule has 0 aliphatic carbocycles. The van der Waals surface area contributed by atoms with E-state index in [2.05, 4.69) is 0 Å². The highest BCUT2D eigenvalue weighted by atomic mass is 16.5. The number of hydrogen-bond donors (Lipinski definition) is 0. The first kappa shape index (κ1) is 19.6. The predicted octanol–water partition coefficient (Wildman–Crippen LogP) is 2.54. The molecular weight excluding hydrogens is 390 g/mol. The molecule has 0 atom stereocenters. The van der Waals surface area contributed by atoms with Gasteiger partial charge in [0.25, 0.3) is 0 Å². The number of rotatable bonds is 5. The van der Waals surface area contributed by atoms with Gasteiger partial charge in [-0.15, -0.1) is 0 Å². The number of fused-ring (bicyclic) bond motifs is 1. The molecule has 0 saturated carbocycles. The molecule has 2 amide bonds. The molecule has 2 aromatic carbocycles. The number of esters is 1. The highest BCUT2D eigenvalue weighted by Crippen LogP contribution is 2.30. The Labute approximate surface area is 172 Å². The molecule has 0 radical (unpaired) electrons. The van der Waals surface area contributed by atoms with Gasteiger partial charge in [-0.1, -0.05) is 0 Å². The Balaban J connectivity index is 1.37. The van der Waals surface area contributed by atoms with Gasteiger partial charge in [0.1, 0.15) is 0 Å². The first-order chi connectivity index (χ1) is 14.5. The van der Waals surface area contributed by atoms with Crippen LogP contribution in [0.3, 0.4) is 0 Å². The van der Waals surface area contributed by atoms with Crippen LogP contribution in [0.25, 0.3) is 0 Å². The second-order valence-corrected chi connectivity index (χ2v) is 6.88. The molecule has 2 aliphatic heterocycles. The van der Waals surface area contributed by atoms with E-state index in [-0.39, 0.29) is 36.0 Å². The van der Waals surface area contributed by atoms with Crippen molar-refractivity contribution in [1.82, 2.24) is 0 Å². The van der Waals surface area contributed by atoms with Gasteiger partial charge in [-0.2, -0.15) is 0 Å². The molecule has 8 nitrogen and oxygen atoms in total. The summed E-state index contributed by atoms with van der Waals surface area (Å²) >= 11 is 0. The fourth-order valence-corrected chi connectivity index (χ4v) is 3.25. The van der Waals surface area contributed by atoms with Crippen molar-refractivity contribution in [3.8, 4) is 11.5 Å². The Morgan fingerprint density at radius 1 is 0.867 bits per heavy atom. The van der Waals surface area contributed by atoms with Crippen molar-refractivity contribution in [2.45, 2.75) is 19.3 Å². The van der Waals surface area contributed by atoms with Crippen molar-refractivity contribution >= 4 is 29.3 Å². The van der Waals surface area contributed by atoms with E-state index in [4.69, 9.17) is 14.2 Å². The van der Waals surface area contributed by atoms with Crippen molar-refractivity contribution in [2.24, 2.45) is 0 Å². The molecule has 0 spiro atoms. The van der Waals surface area contributed by atoms with E-state index in [0.717, 1.165) is 11.3 Å². The van der Waals surface area contributed by atoms with Gasteiger partial charge in [-0.25, -0.2) is 4.79 Å². The zero-order chi connectivity index (χ0) is 21.1. The SMILES string of the molecule is O=C(COC(=O)c1ccc(N2C(=O)CCC2=O)cc1)c1ccc2c(c1)OCCCO2. The Bertz CT molecular complexity index is 997. The average molecular weight is 409 g/mol. The molecule has 8 heteroatoms. The number of anilines is 1. The van der Waals surface area contributed by atoms with E-state index in [1.807, 2.05) is 0 Å². The van der Waals surface area contributed by atoms with Gasteiger partial charge in [-0.05, 0) is 42.5 Å². The third-order valence-electron chi connectivity index (χ3n) is 4.82. The topological polar surface area (TPSA) is 99.2 Å². The lowest BCUT2D eigenvalue weighted by Crippen LogP contribution is -2.28. The van der Waals surface area contributed by atoms with Crippen LogP contribution in [0.5, 0.6) is 11.5 Å². The number of carbonyl (C=O) groups excluding carboxylic acids is 4. The van der Waals surface area contributed by atoms with E-state index in [1.165, 1.54) is 24.3 Å². The van der Waals surface area contributed by atoms with Crippen molar-refractivity contribution in [3.05, 3.63) is 53.6 Å². The monoisotopic (exact) mass is 409 g/mol. The van der Waals surface area contributed by atoms with Crippen LogP contribution in [0.15, 0.2) is 42.5 Å². The lowest BCUT2D eigenvalue weighted by Gasteiger charge is -2.14. The summed E-state index contributed by atoms with van der Waals surface area (Å²) in [4.78, 5) is 49.3. The Hall–Kier alpha value is -3.68. The van der Waals surface area contributed by atoms with Crippen LogP contribution < -0.4 is 14.4 Å². The largest absolute Gasteiger partial charge is 0.490 e. The second-order valence-electron chi connectivity index (χ2n) is 6.88. The van der Waals surface area contributed by atoms with Gasteiger partial charge in [0.15, 0.2) is 23.9 Å². The van der Waals surface area contributed by atoms with Crippen LogP contribution in [0.4, 0.5) is 5.69 Å².